The Bertz CT molecular complexity index is 1450. The topological polar surface area (TPSA) is 156 Å². The van der Waals surface area contributed by atoms with Gasteiger partial charge >= 0.3 is 0 Å². The largest absolute Gasteiger partial charge is 0.326 e. The molecule has 0 radical (unpaired) electrons. The first-order valence-corrected chi connectivity index (χ1v) is 13.6. The van der Waals surface area contributed by atoms with Gasteiger partial charge in [0.25, 0.3) is 20.0 Å². The first-order chi connectivity index (χ1) is 16.7. The van der Waals surface area contributed by atoms with E-state index in [2.05, 4.69) is 20.6 Å². The molecule has 0 saturated heterocycles. The lowest BCUT2D eigenvalue weighted by atomic mass is 10.3. The van der Waals surface area contributed by atoms with E-state index in [4.69, 9.17) is 11.6 Å². The monoisotopic (exact) mass is 551 g/mol. The number of aryl methyl sites for hydroxylation is 2. The minimum absolute atomic E-state index is 0.101. The van der Waals surface area contributed by atoms with E-state index in [1.165, 1.54) is 52.0 Å². The second-order valence-corrected chi connectivity index (χ2v) is 11.8. The molecule has 1 aromatic heterocycles. The van der Waals surface area contributed by atoms with Crippen LogP contribution >= 0.6 is 11.6 Å². The molecule has 3 aromatic rings. The van der Waals surface area contributed by atoms with Crippen molar-refractivity contribution in [1.29, 1.82) is 0 Å². The van der Waals surface area contributed by atoms with Crippen LogP contribution in [0.2, 0.25) is 5.02 Å². The molecule has 2 amide bonds. The molecule has 14 heteroatoms. The Hall–Kier alpha value is -3.55. The fourth-order valence-corrected chi connectivity index (χ4v) is 7.06. The summed E-state index contributed by atoms with van der Waals surface area (Å²) in [6.45, 7) is 5.53. The van der Waals surface area contributed by atoms with Gasteiger partial charge in [-0.2, -0.15) is 16.8 Å². The van der Waals surface area contributed by atoms with Crippen LogP contribution in [0.1, 0.15) is 25.4 Å². The summed E-state index contributed by atoms with van der Waals surface area (Å²) in [5.41, 5.74) is 0.809. The van der Waals surface area contributed by atoms with E-state index in [1.807, 2.05) is 0 Å². The van der Waals surface area contributed by atoms with E-state index in [0.29, 0.717) is 11.4 Å². The number of nitrogens with zero attached hydrogens (tertiary/aromatic N) is 3. The smallest absolute Gasteiger partial charge is 0.279 e. The third-order valence-electron chi connectivity index (χ3n) is 4.67. The van der Waals surface area contributed by atoms with Crippen molar-refractivity contribution in [2.24, 2.45) is 0 Å². The molecule has 0 bridgehead atoms. The Balaban J connectivity index is 2.23. The molecule has 0 fully saturated rings. The summed E-state index contributed by atoms with van der Waals surface area (Å²) in [6.07, 6.45) is 0. The maximum absolute atomic E-state index is 13.8. The van der Waals surface area contributed by atoms with Gasteiger partial charge in [0.15, 0.2) is 5.82 Å². The molecular formula is C22H22ClN5O6S2. The highest BCUT2D eigenvalue weighted by Crippen LogP contribution is 2.35. The van der Waals surface area contributed by atoms with Crippen molar-refractivity contribution in [3.05, 3.63) is 65.1 Å². The molecule has 0 unspecified atom stereocenters. The van der Waals surface area contributed by atoms with Gasteiger partial charge in [-0.1, -0.05) is 11.6 Å². The first-order valence-electron chi connectivity index (χ1n) is 10.3. The molecule has 11 nitrogen and oxygen atoms in total. The Morgan fingerprint density at radius 2 is 1.14 bits per heavy atom. The number of anilines is 3. The zero-order chi connectivity index (χ0) is 26.8. The summed E-state index contributed by atoms with van der Waals surface area (Å²) in [7, 11) is -9.60. The summed E-state index contributed by atoms with van der Waals surface area (Å²) in [4.78, 5) is 29.9. The van der Waals surface area contributed by atoms with Crippen molar-refractivity contribution in [3.63, 3.8) is 0 Å². The molecule has 0 spiro atoms. The fraction of sp³-hybridized carbons (Fsp3) is 0.182. The maximum Gasteiger partial charge on any atom is 0.279 e. The molecule has 190 valence electrons. The van der Waals surface area contributed by atoms with Gasteiger partial charge in [0.05, 0.1) is 15.5 Å². The lowest BCUT2D eigenvalue weighted by Crippen LogP contribution is -2.38. The average Bonchev–Trinajstić information content (AvgIpc) is 2.76. The van der Waals surface area contributed by atoms with E-state index in [9.17, 15) is 26.4 Å². The number of sulfonamides is 2. The third kappa shape index (κ3) is 5.64. The van der Waals surface area contributed by atoms with Crippen molar-refractivity contribution in [2.75, 3.05) is 14.3 Å². The van der Waals surface area contributed by atoms with Crippen LogP contribution in [0.3, 0.4) is 0 Å². The van der Waals surface area contributed by atoms with Crippen molar-refractivity contribution < 1.29 is 26.4 Å². The van der Waals surface area contributed by atoms with Crippen molar-refractivity contribution in [1.82, 2.24) is 9.97 Å². The number of rotatable bonds is 7. The first kappa shape index (κ1) is 27.0. The Kier molecular flexibility index (Phi) is 7.67. The zero-order valence-electron chi connectivity index (χ0n) is 19.6. The lowest BCUT2D eigenvalue weighted by molar-refractivity contribution is -0.115. The summed E-state index contributed by atoms with van der Waals surface area (Å²) in [5.74, 6) is -1.17. The van der Waals surface area contributed by atoms with Crippen molar-refractivity contribution >= 4 is 60.7 Å². The van der Waals surface area contributed by atoms with Crippen LogP contribution in [0.4, 0.5) is 17.2 Å². The van der Waals surface area contributed by atoms with Gasteiger partial charge in [-0.05, 0) is 62.4 Å². The number of carbonyl (C=O) groups is 2. The summed E-state index contributed by atoms with van der Waals surface area (Å²) >= 11 is 6.32. The number of nitrogens with one attached hydrogen (secondary N) is 2. The quantitative estimate of drug-likeness (QED) is 0.453. The normalized spacial score (nSPS) is 11.6. The molecule has 0 aliphatic heterocycles. The highest BCUT2D eigenvalue weighted by Gasteiger charge is 2.40. The van der Waals surface area contributed by atoms with E-state index in [-0.39, 0.29) is 41.9 Å². The second kappa shape index (κ2) is 10.2. The Morgan fingerprint density at radius 3 is 1.50 bits per heavy atom. The molecule has 0 saturated carbocycles. The summed E-state index contributed by atoms with van der Waals surface area (Å²) in [5, 5.41) is 4.75. The number of hydrogen-bond donors (Lipinski definition) is 2. The Labute approximate surface area is 213 Å². The number of carbonyl (C=O) groups excluding carboxylic acids is 2. The van der Waals surface area contributed by atoms with Crippen LogP contribution in [0.15, 0.2) is 58.3 Å². The van der Waals surface area contributed by atoms with Crippen LogP contribution in [-0.4, -0.2) is 38.6 Å². The molecule has 1 heterocycles. The number of halogens is 1. The van der Waals surface area contributed by atoms with Gasteiger partial charge in [-0.25, -0.2) is 9.97 Å². The molecule has 0 aliphatic carbocycles. The van der Waals surface area contributed by atoms with Crippen molar-refractivity contribution in [2.45, 2.75) is 37.5 Å². The van der Waals surface area contributed by atoms with Crippen LogP contribution in [0.5, 0.6) is 0 Å². The van der Waals surface area contributed by atoms with E-state index in [0.717, 1.165) is 24.3 Å². The van der Waals surface area contributed by atoms with Crippen LogP contribution < -0.4 is 14.3 Å². The lowest BCUT2D eigenvalue weighted by Gasteiger charge is -2.24. The maximum atomic E-state index is 13.8. The van der Waals surface area contributed by atoms with Crippen molar-refractivity contribution in [3.8, 4) is 0 Å². The summed E-state index contributed by atoms with van der Waals surface area (Å²) in [6, 6.07) is 9.88. The van der Waals surface area contributed by atoms with Gasteiger partial charge in [-0.3, -0.25) is 9.59 Å². The van der Waals surface area contributed by atoms with Gasteiger partial charge in [0.1, 0.15) is 10.8 Å². The zero-order valence-corrected chi connectivity index (χ0v) is 22.0. The summed E-state index contributed by atoms with van der Waals surface area (Å²) < 4.78 is 55.2. The minimum Gasteiger partial charge on any atom is -0.326 e. The van der Waals surface area contributed by atoms with Crippen LogP contribution in [0.25, 0.3) is 0 Å². The fourth-order valence-electron chi connectivity index (χ4n) is 3.18. The second-order valence-electron chi connectivity index (χ2n) is 7.61. The van der Waals surface area contributed by atoms with Gasteiger partial charge < -0.3 is 10.6 Å². The van der Waals surface area contributed by atoms with E-state index in [1.54, 1.807) is 0 Å². The molecule has 0 aliphatic rings. The molecule has 36 heavy (non-hydrogen) atoms. The highest BCUT2D eigenvalue weighted by molar-refractivity contribution is 8.10. The minimum atomic E-state index is -4.80. The van der Waals surface area contributed by atoms with Gasteiger partial charge in [0.2, 0.25) is 11.8 Å². The molecule has 2 aromatic carbocycles. The van der Waals surface area contributed by atoms with Gasteiger partial charge in [0, 0.05) is 25.2 Å². The Morgan fingerprint density at radius 1 is 0.750 bits per heavy atom. The molecular weight excluding hydrogens is 530 g/mol. The molecule has 2 N–H and O–H groups in total. The van der Waals surface area contributed by atoms with Gasteiger partial charge in [-0.15, -0.1) is 3.71 Å². The number of aromatic nitrogens is 2. The van der Waals surface area contributed by atoms with Crippen LogP contribution in [-0.2, 0) is 29.6 Å². The number of amides is 2. The number of hydrogen-bond acceptors (Lipinski definition) is 8. The third-order valence-corrected chi connectivity index (χ3v) is 9.24. The van der Waals surface area contributed by atoms with Crippen LogP contribution in [0, 0.1) is 13.8 Å². The van der Waals surface area contributed by atoms with E-state index < -0.39 is 25.9 Å². The van der Waals surface area contributed by atoms with E-state index >= 15 is 0 Å². The highest BCUT2D eigenvalue weighted by atomic mass is 35.5. The predicted octanol–water partition coefficient (Wildman–Crippen LogP) is 3.25. The molecule has 0 atom stereocenters. The SMILES string of the molecule is CC(=O)Nc1ccc(S(=O)(=O)N(c2nc(C)nc(C)c2Cl)S(=O)(=O)c2ccc(NC(C)=O)cc2)cc1. The molecule has 3 rings (SSSR count). The standard InChI is InChI=1S/C22H22ClN5O6S2/c1-13-21(23)22(25-14(2)24-13)28(35(31,32)19-9-5-17(6-10-19)26-15(3)29)36(33,34)20-11-7-18(8-12-20)27-16(4)30/h5-12H,1-4H3,(H,26,29)(H,27,30). The number of benzene rings is 2. The average molecular weight is 552 g/mol. The predicted molar refractivity (Wildman–Crippen MR) is 135 cm³/mol.